The maximum atomic E-state index is 11.9. The van der Waals surface area contributed by atoms with Gasteiger partial charge in [0.05, 0.1) is 5.69 Å². The molecule has 0 saturated heterocycles. The Balaban J connectivity index is 1.82. The summed E-state index contributed by atoms with van der Waals surface area (Å²) in [4.78, 5) is 13.2. The number of rotatable bonds is 5. The van der Waals surface area contributed by atoms with Gasteiger partial charge in [-0.2, -0.15) is 0 Å². The molecule has 1 amide bonds. The number of para-hydroxylation sites is 1. The van der Waals surface area contributed by atoms with Crippen LogP contribution in [0.15, 0.2) is 47.4 Å². The molecule has 1 N–H and O–H groups in total. The second-order valence-corrected chi connectivity index (χ2v) is 7.20. The van der Waals surface area contributed by atoms with Crippen molar-refractivity contribution in [2.24, 2.45) is 0 Å². The normalized spacial score (nSPS) is 10.4. The molecule has 0 spiro atoms. The van der Waals surface area contributed by atoms with Gasteiger partial charge < -0.3 is 5.32 Å². The van der Waals surface area contributed by atoms with Gasteiger partial charge in [-0.25, -0.2) is 0 Å². The van der Waals surface area contributed by atoms with Crippen LogP contribution in [0.5, 0.6) is 0 Å². The zero-order valence-electron chi connectivity index (χ0n) is 12.2. The lowest BCUT2D eigenvalue weighted by atomic mass is 10.1. The molecule has 0 heterocycles. The van der Waals surface area contributed by atoms with E-state index in [1.165, 1.54) is 16.0 Å². The van der Waals surface area contributed by atoms with E-state index in [2.05, 4.69) is 60.0 Å². The number of anilines is 1. The van der Waals surface area contributed by atoms with E-state index < -0.39 is 0 Å². The summed E-state index contributed by atoms with van der Waals surface area (Å²) in [6.07, 6.45) is 0.516. The molecule has 0 aliphatic carbocycles. The number of hydrogen-bond acceptors (Lipinski definition) is 2. The molecule has 0 aliphatic rings. The SMILES string of the molecule is Cc1ccc(SCCC(=O)Nc2ccccc2I)cc1C. The van der Waals surface area contributed by atoms with Crippen LogP contribution in [-0.2, 0) is 4.79 Å². The van der Waals surface area contributed by atoms with Gasteiger partial charge in [-0.05, 0) is 71.8 Å². The fraction of sp³-hybridized carbons (Fsp3) is 0.235. The molecular weight excluding hydrogens is 393 g/mol. The van der Waals surface area contributed by atoms with Gasteiger partial charge in [-0.15, -0.1) is 11.8 Å². The smallest absolute Gasteiger partial charge is 0.225 e. The number of amides is 1. The molecule has 0 saturated carbocycles. The maximum Gasteiger partial charge on any atom is 0.225 e. The number of nitrogens with one attached hydrogen (secondary N) is 1. The number of hydrogen-bond donors (Lipinski definition) is 1. The number of benzene rings is 2. The predicted octanol–water partition coefficient (Wildman–Crippen LogP) is 5.03. The van der Waals surface area contributed by atoms with Crippen molar-refractivity contribution in [3.63, 3.8) is 0 Å². The molecule has 0 atom stereocenters. The first-order valence-corrected chi connectivity index (χ1v) is 8.87. The highest BCUT2D eigenvalue weighted by Crippen LogP contribution is 2.22. The van der Waals surface area contributed by atoms with Crippen LogP contribution < -0.4 is 5.32 Å². The number of halogens is 1. The molecule has 0 aliphatic heterocycles. The van der Waals surface area contributed by atoms with Gasteiger partial charge in [-0.3, -0.25) is 4.79 Å². The van der Waals surface area contributed by atoms with Crippen LogP contribution in [0.2, 0.25) is 0 Å². The van der Waals surface area contributed by atoms with Crippen LogP contribution >= 0.6 is 34.4 Å². The molecule has 0 radical (unpaired) electrons. The Hall–Kier alpha value is -1.01. The van der Waals surface area contributed by atoms with E-state index in [0.29, 0.717) is 6.42 Å². The first kappa shape index (κ1) is 16.4. The Morgan fingerprint density at radius 1 is 1.14 bits per heavy atom. The van der Waals surface area contributed by atoms with Crippen molar-refractivity contribution < 1.29 is 4.79 Å². The lowest BCUT2D eigenvalue weighted by Gasteiger charge is -2.08. The number of carbonyl (C=O) groups excluding carboxylic acids is 1. The van der Waals surface area contributed by atoms with E-state index in [-0.39, 0.29) is 5.91 Å². The fourth-order valence-corrected chi connectivity index (χ4v) is 3.31. The summed E-state index contributed by atoms with van der Waals surface area (Å²) in [5.41, 5.74) is 3.48. The highest BCUT2D eigenvalue weighted by atomic mass is 127. The Kier molecular flexibility index (Phi) is 6.11. The third kappa shape index (κ3) is 5.04. The monoisotopic (exact) mass is 411 g/mol. The topological polar surface area (TPSA) is 29.1 Å². The van der Waals surface area contributed by atoms with Crippen LogP contribution in [0.25, 0.3) is 0 Å². The van der Waals surface area contributed by atoms with Gasteiger partial charge in [0.15, 0.2) is 0 Å². The van der Waals surface area contributed by atoms with Crippen molar-refractivity contribution in [2.45, 2.75) is 25.2 Å². The summed E-state index contributed by atoms with van der Waals surface area (Å²) in [5.74, 6) is 0.855. The molecule has 0 bridgehead atoms. The summed E-state index contributed by atoms with van der Waals surface area (Å²) in [5, 5.41) is 2.96. The Labute approximate surface area is 143 Å². The van der Waals surface area contributed by atoms with Crippen LogP contribution in [0.3, 0.4) is 0 Å². The standard InChI is InChI=1S/C17H18INOS/c1-12-7-8-14(11-13(12)2)21-10-9-17(20)19-16-6-4-3-5-15(16)18/h3-8,11H,9-10H2,1-2H3,(H,19,20). The molecular formula is C17H18INOS. The van der Waals surface area contributed by atoms with Crippen molar-refractivity contribution >= 4 is 45.9 Å². The van der Waals surface area contributed by atoms with Gasteiger partial charge in [0.2, 0.25) is 5.91 Å². The summed E-state index contributed by atoms with van der Waals surface area (Å²) in [6.45, 7) is 4.22. The summed E-state index contributed by atoms with van der Waals surface area (Å²) >= 11 is 3.95. The summed E-state index contributed by atoms with van der Waals surface area (Å²) in [6, 6.07) is 14.2. The van der Waals surface area contributed by atoms with Crippen molar-refractivity contribution in [2.75, 3.05) is 11.1 Å². The van der Waals surface area contributed by atoms with Crippen molar-refractivity contribution in [3.8, 4) is 0 Å². The second-order valence-electron chi connectivity index (χ2n) is 4.87. The Bertz CT molecular complexity index is 642. The molecule has 110 valence electrons. The quantitative estimate of drug-likeness (QED) is 0.553. The Morgan fingerprint density at radius 3 is 2.62 bits per heavy atom. The zero-order chi connectivity index (χ0) is 15.2. The van der Waals surface area contributed by atoms with Crippen LogP contribution in [0.1, 0.15) is 17.5 Å². The minimum Gasteiger partial charge on any atom is -0.325 e. The molecule has 2 rings (SSSR count). The minimum atomic E-state index is 0.0652. The third-order valence-electron chi connectivity index (χ3n) is 3.22. The minimum absolute atomic E-state index is 0.0652. The first-order chi connectivity index (χ1) is 10.1. The van der Waals surface area contributed by atoms with Gasteiger partial charge in [-0.1, -0.05) is 18.2 Å². The fourth-order valence-electron chi connectivity index (χ4n) is 1.84. The lowest BCUT2D eigenvalue weighted by Crippen LogP contribution is -2.12. The number of thioether (sulfide) groups is 1. The van der Waals surface area contributed by atoms with E-state index in [1.54, 1.807) is 11.8 Å². The van der Waals surface area contributed by atoms with E-state index in [9.17, 15) is 4.79 Å². The van der Waals surface area contributed by atoms with Crippen molar-refractivity contribution in [1.82, 2.24) is 0 Å². The molecule has 0 aromatic heterocycles. The van der Waals surface area contributed by atoms with E-state index in [1.807, 2.05) is 24.3 Å². The average Bonchev–Trinajstić information content (AvgIpc) is 2.45. The van der Waals surface area contributed by atoms with Crippen molar-refractivity contribution in [1.29, 1.82) is 0 Å². The highest BCUT2D eigenvalue weighted by molar-refractivity contribution is 14.1. The first-order valence-electron chi connectivity index (χ1n) is 6.80. The largest absolute Gasteiger partial charge is 0.325 e. The summed E-state index contributed by atoms with van der Waals surface area (Å²) < 4.78 is 1.06. The van der Waals surface area contributed by atoms with E-state index in [0.717, 1.165) is 15.0 Å². The van der Waals surface area contributed by atoms with Crippen molar-refractivity contribution in [3.05, 3.63) is 57.2 Å². The molecule has 0 unspecified atom stereocenters. The molecule has 0 fully saturated rings. The van der Waals surface area contributed by atoms with E-state index >= 15 is 0 Å². The van der Waals surface area contributed by atoms with Gasteiger partial charge in [0.1, 0.15) is 0 Å². The predicted molar refractivity (Wildman–Crippen MR) is 99.0 cm³/mol. The number of carbonyl (C=O) groups is 1. The molecule has 2 aromatic rings. The Morgan fingerprint density at radius 2 is 1.90 bits per heavy atom. The molecule has 21 heavy (non-hydrogen) atoms. The average molecular weight is 411 g/mol. The van der Waals surface area contributed by atoms with Gasteiger partial charge >= 0.3 is 0 Å². The number of aryl methyl sites for hydroxylation is 2. The third-order valence-corrected chi connectivity index (χ3v) is 5.16. The van der Waals surface area contributed by atoms with Crippen LogP contribution in [0, 0.1) is 17.4 Å². The van der Waals surface area contributed by atoms with E-state index in [4.69, 9.17) is 0 Å². The van der Waals surface area contributed by atoms with Crippen LogP contribution in [0.4, 0.5) is 5.69 Å². The van der Waals surface area contributed by atoms with Gasteiger partial charge in [0, 0.05) is 20.6 Å². The zero-order valence-corrected chi connectivity index (χ0v) is 15.1. The molecule has 2 nitrogen and oxygen atoms in total. The second kappa shape index (κ2) is 7.84. The lowest BCUT2D eigenvalue weighted by molar-refractivity contribution is -0.115. The highest BCUT2D eigenvalue weighted by Gasteiger charge is 2.05. The van der Waals surface area contributed by atoms with Gasteiger partial charge in [0.25, 0.3) is 0 Å². The molecule has 4 heteroatoms. The summed E-state index contributed by atoms with van der Waals surface area (Å²) in [7, 11) is 0. The maximum absolute atomic E-state index is 11.9. The molecule has 2 aromatic carbocycles. The van der Waals surface area contributed by atoms with Crippen LogP contribution in [-0.4, -0.2) is 11.7 Å².